The van der Waals surface area contributed by atoms with E-state index in [1.54, 1.807) is 12.1 Å². The molecule has 0 radical (unpaired) electrons. The van der Waals surface area contributed by atoms with Gasteiger partial charge in [0.25, 0.3) is 0 Å². The predicted molar refractivity (Wildman–Crippen MR) is 122 cm³/mol. The van der Waals surface area contributed by atoms with Gasteiger partial charge in [0, 0.05) is 0 Å². The zero-order chi connectivity index (χ0) is 20.5. The van der Waals surface area contributed by atoms with Crippen LogP contribution in [-0.2, 0) is 0 Å². The molecule has 0 aromatic heterocycles. The van der Waals surface area contributed by atoms with Crippen molar-refractivity contribution >= 4 is 37.8 Å². The average molecular weight is 512 g/mol. The number of ether oxygens (including phenoxy) is 2. The van der Waals surface area contributed by atoms with Crippen LogP contribution in [0.5, 0.6) is 11.5 Å². The summed E-state index contributed by atoms with van der Waals surface area (Å²) in [4.78, 5) is 12.5. The second kappa shape index (κ2) is 11.6. The van der Waals surface area contributed by atoms with Crippen LogP contribution in [0.2, 0.25) is 0 Å². The molecule has 1 unspecified atom stereocenters. The maximum absolute atomic E-state index is 12.5. The van der Waals surface area contributed by atoms with Gasteiger partial charge in [0.05, 0.1) is 21.1 Å². The lowest BCUT2D eigenvalue weighted by Gasteiger charge is -2.13. The Morgan fingerprint density at radius 1 is 0.964 bits per heavy atom. The SMILES string of the molecule is CCCCCCOc1ccc(C(=O)Oc2ccc(C(C)CC)cc2Br)cc1Br. The quantitative estimate of drug-likeness (QED) is 0.185. The summed E-state index contributed by atoms with van der Waals surface area (Å²) in [5.41, 5.74) is 1.69. The van der Waals surface area contributed by atoms with Crippen molar-refractivity contribution in [1.29, 1.82) is 0 Å². The van der Waals surface area contributed by atoms with E-state index in [1.165, 1.54) is 24.8 Å². The Bertz CT molecular complexity index is 789. The molecule has 28 heavy (non-hydrogen) atoms. The Morgan fingerprint density at radius 2 is 1.68 bits per heavy atom. The van der Waals surface area contributed by atoms with Gasteiger partial charge in [0.2, 0.25) is 0 Å². The summed E-state index contributed by atoms with van der Waals surface area (Å²) < 4.78 is 12.9. The molecule has 0 saturated carbocycles. The van der Waals surface area contributed by atoms with Crippen molar-refractivity contribution in [2.45, 2.75) is 58.8 Å². The maximum atomic E-state index is 12.5. The van der Waals surface area contributed by atoms with Gasteiger partial charge in [-0.1, -0.05) is 46.1 Å². The van der Waals surface area contributed by atoms with Crippen LogP contribution < -0.4 is 9.47 Å². The lowest BCUT2D eigenvalue weighted by atomic mass is 9.99. The highest BCUT2D eigenvalue weighted by Crippen LogP contribution is 2.31. The highest BCUT2D eigenvalue weighted by molar-refractivity contribution is 9.10. The molecule has 0 aliphatic carbocycles. The molecule has 1 atom stereocenters. The van der Waals surface area contributed by atoms with Crippen LogP contribution in [0.15, 0.2) is 45.3 Å². The van der Waals surface area contributed by atoms with Crippen molar-refractivity contribution < 1.29 is 14.3 Å². The Balaban J connectivity index is 2.00. The minimum atomic E-state index is -0.396. The molecule has 3 nitrogen and oxygen atoms in total. The first-order chi connectivity index (χ1) is 13.5. The predicted octanol–water partition coefficient (Wildman–Crippen LogP) is 7.90. The Labute approximate surface area is 185 Å². The molecule has 0 aliphatic heterocycles. The summed E-state index contributed by atoms with van der Waals surface area (Å²) in [6, 6.07) is 11.1. The molecule has 152 valence electrons. The molecule has 0 N–H and O–H groups in total. The first-order valence-electron chi connectivity index (χ1n) is 9.90. The number of unbranched alkanes of at least 4 members (excludes halogenated alkanes) is 3. The Hall–Kier alpha value is -1.33. The van der Waals surface area contributed by atoms with Gasteiger partial charge in [0.1, 0.15) is 11.5 Å². The van der Waals surface area contributed by atoms with E-state index in [9.17, 15) is 4.79 Å². The Morgan fingerprint density at radius 3 is 2.32 bits per heavy atom. The molecule has 2 aromatic carbocycles. The summed E-state index contributed by atoms with van der Waals surface area (Å²) in [7, 11) is 0. The highest BCUT2D eigenvalue weighted by atomic mass is 79.9. The van der Waals surface area contributed by atoms with Gasteiger partial charge in [-0.05, 0) is 86.5 Å². The molecule has 0 fully saturated rings. The number of benzene rings is 2. The van der Waals surface area contributed by atoms with Crippen LogP contribution in [0.25, 0.3) is 0 Å². The second-order valence-corrected chi connectivity index (χ2v) is 8.65. The maximum Gasteiger partial charge on any atom is 0.343 e. The van der Waals surface area contributed by atoms with Crippen molar-refractivity contribution in [2.75, 3.05) is 6.61 Å². The van der Waals surface area contributed by atoms with E-state index in [-0.39, 0.29) is 0 Å². The third-order valence-electron chi connectivity index (χ3n) is 4.76. The first kappa shape index (κ1) is 23.0. The van der Waals surface area contributed by atoms with Crippen molar-refractivity contribution in [3.63, 3.8) is 0 Å². The Kier molecular flexibility index (Phi) is 9.52. The van der Waals surface area contributed by atoms with Crippen LogP contribution in [0.1, 0.15) is 74.7 Å². The summed E-state index contributed by atoms with van der Waals surface area (Å²) >= 11 is 7.00. The molecular weight excluding hydrogens is 484 g/mol. The lowest BCUT2D eigenvalue weighted by Crippen LogP contribution is -2.09. The van der Waals surface area contributed by atoms with Gasteiger partial charge >= 0.3 is 5.97 Å². The fourth-order valence-electron chi connectivity index (χ4n) is 2.76. The monoisotopic (exact) mass is 510 g/mol. The number of hydrogen-bond donors (Lipinski definition) is 0. The number of rotatable bonds is 10. The summed E-state index contributed by atoms with van der Waals surface area (Å²) in [6.45, 7) is 7.20. The fraction of sp³-hybridized carbons (Fsp3) is 0.435. The number of hydrogen-bond acceptors (Lipinski definition) is 3. The molecule has 5 heteroatoms. The third kappa shape index (κ3) is 6.63. The van der Waals surface area contributed by atoms with Crippen LogP contribution in [0.4, 0.5) is 0 Å². The molecule has 2 rings (SSSR count). The van der Waals surface area contributed by atoms with Crippen LogP contribution in [0, 0.1) is 0 Å². The normalized spacial score (nSPS) is 11.9. The number of halogens is 2. The summed E-state index contributed by atoms with van der Waals surface area (Å²) in [6.07, 6.45) is 5.70. The minimum Gasteiger partial charge on any atom is -0.492 e. The lowest BCUT2D eigenvalue weighted by molar-refractivity contribution is 0.0733. The topological polar surface area (TPSA) is 35.5 Å². The van der Waals surface area contributed by atoms with E-state index in [0.717, 1.165) is 27.5 Å². The third-order valence-corrected chi connectivity index (χ3v) is 6.00. The molecule has 0 heterocycles. The molecule has 0 bridgehead atoms. The smallest absolute Gasteiger partial charge is 0.343 e. The summed E-state index contributed by atoms with van der Waals surface area (Å²) in [5, 5.41) is 0. The van der Waals surface area contributed by atoms with Crippen LogP contribution >= 0.6 is 31.9 Å². The summed E-state index contributed by atoms with van der Waals surface area (Å²) in [5.74, 6) is 1.33. The fourth-order valence-corrected chi connectivity index (χ4v) is 3.73. The molecular formula is C23H28Br2O3. The van der Waals surface area contributed by atoms with E-state index >= 15 is 0 Å². The zero-order valence-electron chi connectivity index (χ0n) is 16.8. The van der Waals surface area contributed by atoms with Gasteiger partial charge in [-0.25, -0.2) is 4.79 Å². The van der Waals surface area contributed by atoms with Gasteiger partial charge in [-0.2, -0.15) is 0 Å². The van der Waals surface area contributed by atoms with E-state index in [2.05, 4.69) is 52.6 Å². The van der Waals surface area contributed by atoms with Crippen molar-refractivity contribution in [1.82, 2.24) is 0 Å². The van der Waals surface area contributed by atoms with E-state index in [4.69, 9.17) is 9.47 Å². The highest BCUT2D eigenvalue weighted by Gasteiger charge is 2.14. The number of carbonyl (C=O) groups is 1. The molecule has 0 saturated heterocycles. The van der Waals surface area contributed by atoms with E-state index in [0.29, 0.717) is 23.8 Å². The number of esters is 1. The van der Waals surface area contributed by atoms with Gasteiger partial charge in [0.15, 0.2) is 0 Å². The van der Waals surface area contributed by atoms with E-state index < -0.39 is 5.97 Å². The van der Waals surface area contributed by atoms with Crippen molar-refractivity contribution in [2.24, 2.45) is 0 Å². The molecule has 0 amide bonds. The van der Waals surface area contributed by atoms with Crippen molar-refractivity contribution in [3.8, 4) is 11.5 Å². The van der Waals surface area contributed by atoms with Gasteiger partial charge in [-0.3, -0.25) is 0 Å². The molecule has 2 aromatic rings. The standard InChI is InChI=1S/C23H28Br2O3/c1-4-6-7-8-13-27-21-11-10-18(15-19(21)24)23(26)28-22-12-9-17(14-20(22)25)16(3)5-2/h9-12,14-16H,4-8,13H2,1-3H3. The minimum absolute atomic E-state index is 0.396. The van der Waals surface area contributed by atoms with Gasteiger partial charge < -0.3 is 9.47 Å². The second-order valence-electron chi connectivity index (χ2n) is 6.94. The zero-order valence-corrected chi connectivity index (χ0v) is 19.9. The van der Waals surface area contributed by atoms with Crippen molar-refractivity contribution in [3.05, 3.63) is 56.5 Å². The molecule has 0 aliphatic rings. The molecule has 0 spiro atoms. The largest absolute Gasteiger partial charge is 0.492 e. The van der Waals surface area contributed by atoms with Crippen LogP contribution in [0.3, 0.4) is 0 Å². The number of carbonyl (C=O) groups excluding carboxylic acids is 1. The first-order valence-corrected chi connectivity index (χ1v) is 11.5. The average Bonchev–Trinajstić information content (AvgIpc) is 2.69. The van der Waals surface area contributed by atoms with Crippen LogP contribution in [-0.4, -0.2) is 12.6 Å². The van der Waals surface area contributed by atoms with E-state index in [1.807, 2.05) is 24.3 Å². The van der Waals surface area contributed by atoms with Gasteiger partial charge in [-0.15, -0.1) is 0 Å².